The van der Waals surface area contributed by atoms with Crippen LogP contribution < -0.4 is 5.73 Å². The van der Waals surface area contributed by atoms with Crippen LogP contribution in [0.25, 0.3) is 11.0 Å². The van der Waals surface area contributed by atoms with Crippen molar-refractivity contribution in [3.8, 4) is 0 Å². The Labute approximate surface area is 78.9 Å². The molecule has 14 heavy (non-hydrogen) atoms. The maximum atomic E-state index is 12.7. The Morgan fingerprint density at radius 3 is 3.07 bits per heavy atom. The van der Waals surface area contributed by atoms with Crippen molar-refractivity contribution >= 4 is 16.8 Å². The number of carbonyl (C=O) groups excluding carboxylic acids is 1. The van der Waals surface area contributed by atoms with E-state index >= 15 is 0 Å². The Morgan fingerprint density at radius 2 is 2.36 bits per heavy atom. The van der Waals surface area contributed by atoms with Crippen LogP contribution in [0.4, 0.5) is 4.39 Å². The van der Waals surface area contributed by atoms with Gasteiger partial charge in [-0.05, 0) is 12.1 Å². The zero-order valence-corrected chi connectivity index (χ0v) is 7.25. The van der Waals surface area contributed by atoms with Crippen molar-refractivity contribution in [3.05, 3.63) is 29.8 Å². The van der Waals surface area contributed by atoms with Crippen molar-refractivity contribution in [2.75, 3.05) is 6.54 Å². The summed E-state index contributed by atoms with van der Waals surface area (Å²) in [6.07, 6.45) is 1.09. The average molecular weight is 193 g/mol. The molecule has 2 heterocycles. The number of rotatable bonds is 2. The van der Waals surface area contributed by atoms with Gasteiger partial charge in [0.25, 0.3) is 0 Å². The molecule has 0 bridgehead atoms. The zero-order chi connectivity index (χ0) is 10.1. The van der Waals surface area contributed by atoms with Gasteiger partial charge in [0.1, 0.15) is 11.5 Å². The van der Waals surface area contributed by atoms with Crippen molar-refractivity contribution in [1.29, 1.82) is 0 Å². The number of ketones is 1. The van der Waals surface area contributed by atoms with Gasteiger partial charge in [-0.2, -0.15) is 0 Å². The SMILES string of the molecule is NCC(=O)c1cc2cc(F)cnc2[nH]1. The minimum atomic E-state index is -0.428. The van der Waals surface area contributed by atoms with Crippen LogP contribution in [0.15, 0.2) is 18.3 Å². The number of hydrogen-bond acceptors (Lipinski definition) is 3. The standard InChI is InChI=1S/C9H8FN3O/c10-6-1-5-2-7(8(14)3-11)13-9(5)12-4-6/h1-2,4H,3,11H2,(H,12,13). The predicted molar refractivity (Wildman–Crippen MR) is 49.4 cm³/mol. The molecule has 0 aliphatic rings. The number of Topliss-reactive ketones (excluding diaryl/α,β-unsaturated/α-hetero) is 1. The fourth-order valence-corrected chi connectivity index (χ4v) is 1.25. The summed E-state index contributed by atoms with van der Waals surface area (Å²) in [6.45, 7) is -0.0741. The van der Waals surface area contributed by atoms with Crippen LogP contribution in [-0.4, -0.2) is 22.3 Å². The molecule has 2 rings (SSSR count). The van der Waals surface area contributed by atoms with Gasteiger partial charge >= 0.3 is 0 Å². The minimum Gasteiger partial charge on any atom is -0.337 e. The molecule has 0 fully saturated rings. The highest BCUT2D eigenvalue weighted by Gasteiger charge is 2.08. The molecule has 0 spiro atoms. The molecule has 0 unspecified atom stereocenters. The number of nitrogens with two attached hydrogens (primary N) is 1. The highest BCUT2D eigenvalue weighted by Crippen LogP contribution is 2.14. The second kappa shape index (κ2) is 3.19. The van der Waals surface area contributed by atoms with Crippen LogP contribution >= 0.6 is 0 Å². The van der Waals surface area contributed by atoms with Crippen molar-refractivity contribution in [2.24, 2.45) is 5.73 Å². The average Bonchev–Trinajstić information content (AvgIpc) is 2.59. The number of halogens is 1. The van der Waals surface area contributed by atoms with Crippen molar-refractivity contribution in [2.45, 2.75) is 0 Å². The van der Waals surface area contributed by atoms with E-state index in [-0.39, 0.29) is 12.3 Å². The normalized spacial score (nSPS) is 10.7. The summed E-state index contributed by atoms with van der Waals surface area (Å²) in [4.78, 5) is 17.8. The number of pyridine rings is 1. The number of nitrogens with zero attached hydrogens (tertiary/aromatic N) is 1. The molecule has 0 amide bonds. The summed E-state index contributed by atoms with van der Waals surface area (Å²) in [5.74, 6) is -0.647. The number of fused-ring (bicyclic) bond motifs is 1. The lowest BCUT2D eigenvalue weighted by atomic mass is 10.2. The molecule has 72 valence electrons. The molecule has 4 nitrogen and oxygen atoms in total. The van der Waals surface area contributed by atoms with Gasteiger partial charge in [0.2, 0.25) is 0 Å². The smallest absolute Gasteiger partial charge is 0.192 e. The summed E-state index contributed by atoms with van der Waals surface area (Å²) in [7, 11) is 0. The first kappa shape index (κ1) is 8.83. The van der Waals surface area contributed by atoms with E-state index in [1.807, 2.05) is 0 Å². The number of carbonyl (C=O) groups is 1. The molecular formula is C9H8FN3O. The largest absolute Gasteiger partial charge is 0.337 e. The Morgan fingerprint density at radius 1 is 1.57 bits per heavy atom. The predicted octanol–water partition coefficient (Wildman–Crippen LogP) is 0.843. The summed E-state index contributed by atoms with van der Waals surface area (Å²) in [6, 6.07) is 2.85. The lowest BCUT2D eigenvalue weighted by molar-refractivity contribution is 0.0997. The fraction of sp³-hybridized carbons (Fsp3) is 0.111. The number of nitrogens with one attached hydrogen (secondary N) is 1. The Bertz CT molecular complexity index is 492. The van der Waals surface area contributed by atoms with Gasteiger partial charge < -0.3 is 10.7 Å². The van der Waals surface area contributed by atoms with Crippen LogP contribution in [0.2, 0.25) is 0 Å². The third-order valence-electron chi connectivity index (χ3n) is 1.92. The van der Waals surface area contributed by atoms with Crippen LogP contribution in [0.5, 0.6) is 0 Å². The molecule has 0 saturated heterocycles. The van der Waals surface area contributed by atoms with Gasteiger partial charge in [0, 0.05) is 5.39 Å². The lowest BCUT2D eigenvalue weighted by Gasteiger charge is -1.89. The monoisotopic (exact) mass is 193 g/mol. The van der Waals surface area contributed by atoms with E-state index < -0.39 is 5.82 Å². The van der Waals surface area contributed by atoms with Crippen LogP contribution in [0, 0.1) is 5.82 Å². The molecule has 0 aliphatic heterocycles. The second-order valence-corrected chi connectivity index (χ2v) is 2.90. The van der Waals surface area contributed by atoms with E-state index in [9.17, 15) is 9.18 Å². The summed E-state index contributed by atoms with van der Waals surface area (Å²) in [5.41, 5.74) is 6.04. The van der Waals surface area contributed by atoms with Gasteiger partial charge in [-0.25, -0.2) is 9.37 Å². The number of aromatic amines is 1. The van der Waals surface area contributed by atoms with Crippen LogP contribution in [0.3, 0.4) is 0 Å². The molecule has 0 aromatic carbocycles. The molecule has 3 N–H and O–H groups in total. The number of aromatic nitrogens is 2. The highest BCUT2D eigenvalue weighted by atomic mass is 19.1. The van der Waals surface area contributed by atoms with E-state index in [0.717, 1.165) is 6.20 Å². The van der Waals surface area contributed by atoms with Gasteiger partial charge in [-0.15, -0.1) is 0 Å². The zero-order valence-electron chi connectivity index (χ0n) is 7.25. The Hall–Kier alpha value is -1.75. The Balaban J connectivity index is 2.56. The maximum absolute atomic E-state index is 12.7. The number of H-pyrrole nitrogens is 1. The summed E-state index contributed by atoms with van der Waals surface area (Å²) >= 11 is 0. The van der Waals surface area contributed by atoms with Crippen LogP contribution in [0.1, 0.15) is 10.5 Å². The molecule has 0 atom stereocenters. The lowest BCUT2D eigenvalue weighted by Crippen LogP contribution is -2.13. The summed E-state index contributed by atoms with van der Waals surface area (Å²) < 4.78 is 12.7. The first-order valence-electron chi connectivity index (χ1n) is 4.08. The first-order valence-corrected chi connectivity index (χ1v) is 4.08. The minimum absolute atomic E-state index is 0.0741. The summed E-state index contributed by atoms with van der Waals surface area (Å²) in [5, 5.41) is 0.571. The van der Waals surface area contributed by atoms with E-state index in [4.69, 9.17) is 5.73 Å². The third-order valence-corrected chi connectivity index (χ3v) is 1.92. The van der Waals surface area contributed by atoms with E-state index in [1.165, 1.54) is 6.07 Å². The first-order chi connectivity index (χ1) is 6.70. The topological polar surface area (TPSA) is 71.8 Å². The fourth-order valence-electron chi connectivity index (χ4n) is 1.25. The molecule has 2 aromatic heterocycles. The van der Waals surface area contributed by atoms with Gasteiger partial charge in [-0.1, -0.05) is 0 Å². The second-order valence-electron chi connectivity index (χ2n) is 2.90. The molecule has 2 aromatic rings. The number of hydrogen-bond donors (Lipinski definition) is 2. The van der Waals surface area contributed by atoms with Crippen molar-refractivity contribution in [3.63, 3.8) is 0 Å². The van der Waals surface area contributed by atoms with Crippen LogP contribution in [-0.2, 0) is 0 Å². The van der Waals surface area contributed by atoms with E-state index in [0.29, 0.717) is 16.7 Å². The van der Waals surface area contributed by atoms with Gasteiger partial charge in [0.15, 0.2) is 5.78 Å². The highest BCUT2D eigenvalue weighted by molar-refractivity contribution is 5.99. The van der Waals surface area contributed by atoms with Crippen molar-refractivity contribution < 1.29 is 9.18 Å². The van der Waals surface area contributed by atoms with Crippen molar-refractivity contribution in [1.82, 2.24) is 9.97 Å². The molecule has 0 saturated carbocycles. The molecule has 5 heteroatoms. The third kappa shape index (κ3) is 1.38. The Kier molecular flexibility index (Phi) is 2.01. The molecule has 0 radical (unpaired) electrons. The molecular weight excluding hydrogens is 185 g/mol. The van der Waals surface area contributed by atoms with E-state index in [1.54, 1.807) is 6.07 Å². The van der Waals surface area contributed by atoms with E-state index in [2.05, 4.69) is 9.97 Å². The molecule has 0 aliphatic carbocycles. The maximum Gasteiger partial charge on any atom is 0.192 e. The van der Waals surface area contributed by atoms with Gasteiger partial charge in [-0.3, -0.25) is 4.79 Å². The van der Waals surface area contributed by atoms with Gasteiger partial charge in [0.05, 0.1) is 18.4 Å². The quantitative estimate of drug-likeness (QED) is 0.694.